The molecule has 0 amide bonds. The van der Waals surface area contributed by atoms with Crippen LogP contribution in [0.3, 0.4) is 0 Å². The highest BCUT2D eigenvalue weighted by molar-refractivity contribution is 5.72. The van der Waals surface area contributed by atoms with Crippen molar-refractivity contribution >= 4 is 11.9 Å². The second kappa shape index (κ2) is 8.94. The van der Waals surface area contributed by atoms with Gasteiger partial charge in [0, 0.05) is 6.42 Å². The van der Waals surface area contributed by atoms with E-state index < -0.39 is 5.60 Å². The summed E-state index contributed by atoms with van der Waals surface area (Å²) in [5.41, 5.74) is -0.407. The van der Waals surface area contributed by atoms with Crippen LogP contribution in [0, 0.1) is 5.92 Å². The zero-order chi connectivity index (χ0) is 14.9. The first-order valence-corrected chi connectivity index (χ1v) is 7.09. The number of rotatable bonds is 8. The molecule has 0 aliphatic rings. The first kappa shape index (κ1) is 17.9. The van der Waals surface area contributed by atoms with Crippen molar-refractivity contribution in [3.8, 4) is 0 Å². The number of hydrogen-bond acceptors (Lipinski definition) is 4. The first-order valence-electron chi connectivity index (χ1n) is 7.09. The maximum absolute atomic E-state index is 11.5. The molecule has 0 aliphatic carbocycles. The molecule has 0 bridgehead atoms. The van der Waals surface area contributed by atoms with Crippen molar-refractivity contribution in [2.24, 2.45) is 5.92 Å². The molecule has 1 unspecified atom stereocenters. The molecule has 0 aromatic carbocycles. The highest BCUT2D eigenvalue weighted by Crippen LogP contribution is 2.16. The highest BCUT2D eigenvalue weighted by atomic mass is 16.6. The Balaban J connectivity index is 3.70. The van der Waals surface area contributed by atoms with Crippen LogP contribution in [0.15, 0.2) is 0 Å². The van der Waals surface area contributed by atoms with Crippen LogP contribution in [-0.4, -0.2) is 24.6 Å². The molecule has 0 rings (SSSR count). The van der Waals surface area contributed by atoms with Gasteiger partial charge in [-0.05, 0) is 40.0 Å². The zero-order valence-corrected chi connectivity index (χ0v) is 13.0. The van der Waals surface area contributed by atoms with Crippen LogP contribution in [0.1, 0.15) is 66.2 Å². The van der Waals surface area contributed by atoms with Crippen LogP contribution in [0.4, 0.5) is 0 Å². The number of unbranched alkanes of at least 4 members (excludes halogenated alkanes) is 2. The molecule has 0 heterocycles. The molecule has 4 heteroatoms. The Labute approximate surface area is 116 Å². The lowest BCUT2D eigenvalue weighted by molar-refractivity contribution is -0.155. The molecule has 0 fully saturated rings. The SMILES string of the molecule is CCC(CCCCCC(=O)OC(C)(C)C)C(=O)OC. The Morgan fingerprint density at radius 2 is 1.74 bits per heavy atom. The van der Waals surface area contributed by atoms with Gasteiger partial charge in [0.05, 0.1) is 13.0 Å². The van der Waals surface area contributed by atoms with Gasteiger partial charge < -0.3 is 9.47 Å². The third-order valence-corrected chi connectivity index (χ3v) is 2.88. The molecular weight excluding hydrogens is 244 g/mol. The van der Waals surface area contributed by atoms with Crippen molar-refractivity contribution in [2.75, 3.05) is 7.11 Å². The minimum atomic E-state index is -0.407. The van der Waals surface area contributed by atoms with E-state index in [1.807, 2.05) is 27.7 Å². The Hall–Kier alpha value is -1.06. The van der Waals surface area contributed by atoms with E-state index in [4.69, 9.17) is 9.47 Å². The molecule has 0 aromatic rings. The van der Waals surface area contributed by atoms with Gasteiger partial charge in [0.2, 0.25) is 0 Å². The Kier molecular flexibility index (Phi) is 8.44. The maximum atomic E-state index is 11.5. The third kappa shape index (κ3) is 9.51. The van der Waals surface area contributed by atoms with E-state index in [-0.39, 0.29) is 17.9 Å². The van der Waals surface area contributed by atoms with Crippen molar-refractivity contribution in [3.63, 3.8) is 0 Å². The van der Waals surface area contributed by atoms with Crippen LogP contribution >= 0.6 is 0 Å². The second-order valence-electron chi connectivity index (χ2n) is 5.81. The highest BCUT2D eigenvalue weighted by Gasteiger charge is 2.17. The van der Waals surface area contributed by atoms with Gasteiger partial charge in [0.1, 0.15) is 5.60 Å². The van der Waals surface area contributed by atoms with Gasteiger partial charge in [-0.15, -0.1) is 0 Å². The normalized spacial score (nSPS) is 12.9. The van der Waals surface area contributed by atoms with Crippen LogP contribution in [0.2, 0.25) is 0 Å². The molecule has 19 heavy (non-hydrogen) atoms. The second-order valence-corrected chi connectivity index (χ2v) is 5.81. The van der Waals surface area contributed by atoms with Crippen molar-refractivity contribution < 1.29 is 19.1 Å². The molecule has 0 spiro atoms. The molecule has 1 atom stereocenters. The van der Waals surface area contributed by atoms with Gasteiger partial charge >= 0.3 is 11.9 Å². The number of esters is 2. The Morgan fingerprint density at radius 1 is 1.11 bits per heavy atom. The predicted octanol–water partition coefficient (Wildman–Crippen LogP) is 3.48. The van der Waals surface area contributed by atoms with E-state index in [0.29, 0.717) is 6.42 Å². The van der Waals surface area contributed by atoms with E-state index >= 15 is 0 Å². The van der Waals surface area contributed by atoms with E-state index in [9.17, 15) is 9.59 Å². The smallest absolute Gasteiger partial charge is 0.308 e. The molecule has 4 nitrogen and oxygen atoms in total. The number of carbonyl (C=O) groups excluding carboxylic acids is 2. The molecule has 0 aromatic heterocycles. The summed E-state index contributed by atoms with van der Waals surface area (Å²) in [7, 11) is 1.42. The van der Waals surface area contributed by atoms with E-state index in [0.717, 1.165) is 32.1 Å². The standard InChI is InChI=1S/C15H28O4/c1-6-12(14(17)18-5)10-8-7-9-11-13(16)19-15(2,3)4/h12H,6-11H2,1-5H3. The summed E-state index contributed by atoms with van der Waals surface area (Å²) >= 11 is 0. The number of hydrogen-bond donors (Lipinski definition) is 0. The van der Waals surface area contributed by atoms with Crippen molar-refractivity contribution in [1.29, 1.82) is 0 Å². The van der Waals surface area contributed by atoms with E-state index in [1.165, 1.54) is 7.11 Å². The largest absolute Gasteiger partial charge is 0.469 e. The summed E-state index contributed by atoms with van der Waals surface area (Å²) < 4.78 is 9.97. The Morgan fingerprint density at radius 3 is 2.21 bits per heavy atom. The van der Waals surface area contributed by atoms with Gasteiger partial charge in [-0.3, -0.25) is 9.59 Å². The summed E-state index contributed by atoms with van der Waals surface area (Å²) in [4.78, 5) is 22.8. The van der Waals surface area contributed by atoms with Gasteiger partial charge in [0.15, 0.2) is 0 Å². The lowest BCUT2D eigenvalue weighted by atomic mass is 9.98. The number of carbonyl (C=O) groups is 2. The molecule has 0 N–H and O–H groups in total. The van der Waals surface area contributed by atoms with Crippen molar-refractivity contribution in [2.45, 2.75) is 71.8 Å². The average molecular weight is 272 g/mol. The topological polar surface area (TPSA) is 52.6 Å². The summed E-state index contributed by atoms with van der Waals surface area (Å²) in [5, 5.41) is 0. The number of methoxy groups -OCH3 is 1. The van der Waals surface area contributed by atoms with E-state index in [1.54, 1.807) is 0 Å². The third-order valence-electron chi connectivity index (χ3n) is 2.88. The maximum Gasteiger partial charge on any atom is 0.308 e. The minimum Gasteiger partial charge on any atom is -0.469 e. The molecule has 0 aliphatic heterocycles. The van der Waals surface area contributed by atoms with Crippen LogP contribution < -0.4 is 0 Å². The van der Waals surface area contributed by atoms with Gasteiger partial charge in [-0.25, -0.2) is 0 Å². The van der Waals surface area contributed by atoms with Gasteiger partial charge in [0.25, 0.3) is 0 Å². The summed E-state index contributed by atoms with van der Waals surface area (Å²) in [5.74, 6) is -0.284. The molecule has 0 radical (unpaired) electrons. The fraction of sp³-hybridized carbons (Fsp3) is 0.867. The zero-order valence-electron chi connectivity index (χ0n) is 13.0. The molecule has 0 saturated heterocycles. The van der Waals surface area contributed by atoms with E-state index in [2.05, 4.69) is 0 Å². The Bertz CT molecular complexity index is 278. The summed E-state index contributed by atoms with van der Waals surface area (Å²) in [6.07, 6.45) is 4.78. The monoisotopic (exact) mass is 272 g/mol. The first-order chi connectivity index (χ1) is 8.80. The van der Waals surface area contributed by atoms with Gasteiger partial charge in [-0.2, -0.15) is 0 Å². The molecule has 112 valence electrons. The summed E-state index contributed by atoms with van der Waals surface area (Å²) in [6, 6.07) is 0. The summed E-state index contributed by atoms with van der Waals surface area (Å²) in [6.45, 7) is 7.59. The van der Waals surface area contributed by atoms with Crippen LogP contribution in [0.25, 0.3) is 0 Å². The lowest BCUT2D eigenvalue weighted by Gasteiger charge is -2.19. The van der Waals surface area contributed by atoms with Crippen molar-refractivity contribution in [1.82, 2.24) is 0 Å². The van der Waals surface area contributed by atoms with Crippen LogP contribution in [0.5, 0.6) is 0 Å². The van der Waals surface area contributed by atoms with Crippen molar-refractivity contribution in [3.05, 3.63) is 0 Å². The molecular formula is C15H28O4. The predicted molar refractivity (Wildman–Crippen MR) is 74.7 cm³/mol. The molecule has 0 saturated carbocycles. The fourth-order valence-electron chi connectivity index (χ4n) is 1.88. The fourth-order valence-corrected chi connectivity index (χ4v) is 1.88. The van der Waals surface area contributed by atoms with Gasteiger partial charge in [-0.1, -0.05) is 19.8 Å². The average Bonchev–Trinajstić information content (AvgIpc) is 2.30. The van der Waals surface area contributed by atoms with Crippen LogP contribution in [-0.2, 0) is 19.1 Å². The quantitative estimate of drug-likeness (QED) is 0.501. The number of ether oxygens (including phenoxy) is 2. The lowest BCUT2D eigenvalue weighted by Crippen LogP contribution is -2.23. The minimum absolute atomic E-state index is 0.00785.